The van der Waals surface area contributed by atoms with Crippen molar-refractivity contribution in [3.8, 4) is 0 Å². The molecule has 0 saturated heterocycles. The van der Waals surface area contributed by atoms with Gasteiger partial charge >= 0.3 is 0 Å². The van der Waals surface area contributed by atoms with Gasteiger partial charge in [0.2, 0.25) is 11.9 Å². The van der Waals surface area contributed by atoms with Gasteiger partial charge in [0.25, 0.3) is 5.91 Å². The fourth-order valence-electron chi connectivity index (χ4n) is 3.61. The summed E-state index contributed by atoms with van der Waals surface area (Å²) in [7, 11) is 0. The van der Waals surface area contributed by atoms with Crippen LogP contribution in [0, 0.1) is 0 Å². The number of rotatable bonds is 8. The number of aromatic nitrogens is 3. The summed E-state index contributed by atoms with van der Waals surface area (Å²) >= 11 is 0. The largest absolute Gasteiger partial charge is 0.364 e. The minimum absolute atomic E-state index is 0.0429. The molecule has 31 heavy (non-hydrogen) atoms. The van der Waals surface area contributed by atoms with Crippen LogP contribution in [0.5, 0.6) is 0 Å². The predicted octanol–water partition coefficient (Wildman–Crippen LogP) is 2.86. The molecule has 1 aromatic heterocycles. The van der Waals surface area contributed by atoms with E-state index in [-0.39, 0.29) is 35.5 Å². The van der Waals surface area contributed by atoms with Gasteiger partial charge in [0.05, 0.1) is 0 Å². The third-order valence-corrected chi connectivity index (χ3v) is 5.35. The second kappa shape index (κ2) is 10.0. The molecule has 2 atom stereocenters. The third kappa shape index (κ3) is 5.78. The van der Waals surface area contributed by atoms with E-state index in [1.54, 1.807) is 0 Å². The highest BCUT2D eigenvalue weighted by atomic mass is 16.2. The van der Waals surface area contributed by atoms with Gasteiger partial charge in [-0.25, -0.2) is 0 Å². The molecule has 0 radical (unpaired) electrons. The van der Waals surface area contributed by atoms with E-state index in [2.05, 4.69) is 51.6 Å². The molecule has 5 N–H and O–H groups in total. The van der Waals surface area contributed by atoms with Gasteiger partial charge in [0.15, 0.2) is 11.5 Å². The zero-order chi connectivity index (χ0) is 22.4. The molecule has 164 valence electrons. The fourth-order valence-corrected chi connectivity index (χ4v) is 3.61. The quantitative estimate of drug-likeness (QED) is 0.479. The molecular formula is C22H29N7O2. The smallest absolute Gasteiger partial charge is 0.273 e. The number of nitrogens with two attached hydrogens (primary N) is 1. The first-order valence-corrected chi connectivity index (χ1v) is 10.5. The van der Waals surface area contributed by atoms with Crippen molar-refractivity contribution in [2.45, 2.75) is 57.5 Å². The summed E-state index contributed by atoms with van der Waals surface area (Å²) in [5.41, 5.74) is 7.38. The number of amides is 2. The highest BCUT2D eigenvalue weighted by molar-refractivity contribution is 5.96. The first-order valence-electron chi connectivity index (χ1n) is 10.5. The van der Waals surface area contributed by atoms with Crippen molar-refractivity contribution in [3.05, 3.63) is 48.2 Å². The van der Waals surface area contributed by atoms with Crippen LogP contribution in [-0.2, 0) is 4.79 Å². The lowest BCUT2D eigenvalue weighted by molar-refractivity contribution is -0.117. The van der Waals surface area contributed by atoms with Crippen LogP contribution in [0.25, 0.3) is 0 Å². The number of carbonyl (C=O) groups is 2. The average Bonchev–Trinajstić information content (AvgIpc) is 2.75. The summed E-state index contributed by atoms with van der Waals surface area (Å²) in [5, 5.41) is 17.3. The zero-order valence-electron chi connectivity index (χ0n) is 17.9. The molecule has 1 fully saturated rings. The second-order valence-electron chi connectivity index (χ2n) is 7.95. The van der Waals surface area contributed by atoms with Gasteiger partial charge in [-0.15, -0.1) is 10.2 Å². The summed E-state index contributed by atoms with van der Waals surface area (Å²) in [6.07, 6.45) is 5.01. The van der Waals surface area contributed by atoms with Crippen LogP contribution >= 0.6 is 0 Å². The predicted molar refractivity (Wildman–Crippen MR) is 120 cm³/mol. The van der Waals surface area contributed by atoms with E-state index in [0.717, 1.165) is 31.4 Å². The molecule has 1 aliphatic carbocycles. The van der Waals surface area contributed by atoms with E-state index >= 15 is 0 Å². The van der Waals surface area contributed by atoms with E-state index in [9.17, 15) is 9.59 Å². The minimum atomic E-state index is -0.721. The number of hydrogen-bond donors (Lipinski definition) is 4. The number of primary amides is 1. The Morgan fingerprint density at radius 2 is 1.81 bits per heavy atom. The maximum Gasteiger partial charge on any atom is 0.273 e. The molecule has 1 heterocycles. The monoisotopic (exact) mass is 423 g/mol. The average molecular weight is 424 g/mol. The Morgan fingerprint density at radius 3 is 2.42 bits per heavy atom. The van der Waals surface area contributed by atoms with Gasteiger partial charge in [0.1, 0.15) is 0 Å². The Hall–Kier alpha value is -3.49. The van der Waals surface area contributed by atoms with Crippen LogP contribution in [0.3, 0.4) is 0 Å². The molecule has 0 spiro atoms. The Labute approximate surface area is 181 Å². The molecule has 2 amide bonds. The summed E-state index contributed by atoms with van der Waals surface area (Å²) in [6, 6.07) is 7.73. The number of anilines is 3. The molecule has 1 aromatic carbocycles. The molecule has 0 bridgehead atoms. The Balaban J connectivity index is 1.81. The molecule has 9 nitrogen and oxygen atoms in total. The maximum absolute atomic E-state index is 11.8. The first kappa shape index (κ1) is 22.2. The van der Waals surface area contributed by atoms with E-state index in [0.29, 0.717) is 5.92 Å². The van der Waals surface area contributed by atoms with Crippen LogP contribution in [0.2, 0.25) is 0 Å². The molecule has 0 unspecified atom stereocenters. The van der Waals surface area contributed by atoms with Crippen molar-refractivity contribution in [3.63, 3.8) is 0 Å². The van der Waals surface area contributed by atoms with Crippen molar-refractivity contribution in [2.24, 2.45) is 5.73 Å². The molecule has 1 saturated carbocycles. The van der Waals surface area contributed by atoms with Gasteiger partial charge < -0.3 is 21.7 Å². The van der Waals surface area contributed by atoms with E-state index in [1.165, 1.54) is 11.6 Å². The topological polar surface area (TPSA) is 135 Å². The van der Waals surface area contributed by atoms with Gasteiger partial charge in [0, 0.05) is 17.8 Å². The van der Waals surface area contributed by atoms with Crippen LogP contribution < -0.4 is 21.7 Å². The van der Waals surface area contributed by atoms with Crippen molar-refractivity contribution >= 4 is 29.3 Å². The summed E-state index contributed by atoms with van der Waals surface area (Å²) in [4.78, 5) is 28.0. The lowest BCUT2D eigenvalue weighted by Gasteiger charge is -2.32. The lowest BCUT2D eigenvalue weighted by Crippen LogP contribution is -2.48. The van der Waals surface area contributed by atoms with Crippen molar-refractivity contribution < 1.29 is 9.59 Å². The van der Waals surface area contributed by atoms with Crippen molar-refractivity contribution in [1.82, 2.24) is 20.5 Å². The van der Waals surface area contributed by atoms with Crippen LogP contribution in [0.1, 0.15) is 61.5 Å². The van der Waals surface area contributed by atoms with E-state index in [4.69, 9.17) is 5.73 Å². The number of nitrogens with one attached hydrogen (secondary N) is 3. The molecule has 1 aliphatic rings. The normalized spacial score (nSPS) is 18.3. The SMILES string of the molecule is C=CC(=O)N[C@@H]1CCCC[C@@H]1Nc1nnc(C(N)=O)c(Nc2ccc(C(C)C)cc2)n1. The molecular weight excluding hydrogens is 394 g/mol. The Kier molecular flexibility index (Phi) is 7.17. The van der Waals surface area contributed by atoms with Gasteiger partial charge in [-0.1, -0.05) is 45.4 Å². The van der Waals surface area contributed by atoms with E-state index in [1.807, 2.05) is 24.3 Å². The molecule has 0 aliphatic heterocycles. The summed E-state index contributed by atoms with van der Waals surface area (Å²) in [5.74, 6) is -0.0340. The molecule has 2 aromatic rings. The van der Waals surface area contributed by atoms with Crippen LogP contribution in [-0.4, -0.2) is 39.1 Å². The Bertz CT molecular complexity index is 943. The summed E-state index contributed by atoms with van der Waals surface area (Å²) in [6.45, 7) is 7.75. The molecule has 9 heteroatoms. The van der Waals surface area contributed by atoms with Crippen molar-refractivity contribution in [2.75, 3.05) is 10.6 Å². The zero-order valence-corrected chi connectivity index (χ0v) is 17.9. The standard InChI is InChI=1S/C22H29N7O2/c1-4-18(30)25-16-7-5-6-8-17(16)26-22-27-21(19(20(23)31)28-29-22)24-15-11-9-14(10-12-15)13(2)3/h4,9-13,16-17H,1,5-8H2,2-3H3,(H2,23,31)(H,25,30)(H2,24,26,27,29)/t16-,17+/m1/s1. The lowest BCUT2D eigenvalue weighted by atomic mass is 9.90. The second-order valence-corrected chi connectivity index (χ2v) is 7.95. The highest BCUT2D eigenvalue weighted by Gasteiger charge is 2.27. The van der Waals surface area contributed by atoms with Gasteiger partial charge in [-0.05, 0) is 42.5 Å². The third-order valence-electron chi connectivity index (χ3n) is 5.35. The van der Waals surface area contributed by atoms with E-state index < -0.39 is 5.91 Å². The minimum Gasteiger partial charge on any atom is -0.364 e. The maximum atomic E-state index is 11.8. The van der Waals surface area contributed by atoms with Crippen molar-refractivity contribution in [1.29, 1.82) is 0 Å². The first-order chi connectivity index (χ1) is 14.9. The fraction of sp³-hybridized carbons (Fsp3) is 0.409. The van der Waals surface area contributed by atoms with Gasteiger partial charge in [-0.3, -0.25) is 9.59 Å². The summed E-state index contributed by atoms with van der Waals surface area (Å²) < 4.78 is 0. The number of benzene rings is 1. The number of hydrogen-bond acceptors (Lipinski definition) is 7. The van der Waals surface area contributed by atoms with Gasteiger partial charge in [-0.2, -0.15) is 4.98 Å². The van der Waals surface area contributed by atoms with Crippen LogP contribution in [0.15, 0.2) is 36.9 Å². The number of carbonyl (C=O) groups excluding carboxylic acids is 2. The highest BCUT2D eigenvalue weighted by Crippen LogP contribution is 2.24. The Morgan fingerprint density at radius 1 is 1.13 bits per heavy atom. The number of nitrogens with zero attached hydrogens (tertiary/aromatic N) is 3. The molecule has 3 rings (SSSR count). The van der Waals surface area contributed by atoms with Crippen LogP contribution in [0.4, 0.5) is 17.5 Å².